The summed E-state index contributed by atoms with van der Waals surface area (Å²) in [7, 11) is 0. The van der Waals surface area contributed by atoms with Crippen molar-refractivity contribution in [1.29, 1.82) is 0 Å². The molecule has 0 bridgehead atoms. The first kappa shape index (κ1) is 16.6. The number of nitrogens with zero attached hydrogens (tertiary/aromatic N) is 1. The molecule has 1 spiro atoms. The van der Waals surface area contributed by atoms with E-state index >= 15 is 0 Å². The van der Waals surface area contributed by atoms with Gasteiger partial charge in [0.15, 0.2) is 0 Å². The van der Waals surface area contributed by atoms with E-state index < -0.39 is 5.97 Å². The minimum Gasteiger partial charge on any atom is -0.478 e. The highest BCUT2D eigenvalue weighted by atomic mass is 16.4. The van der Waals surface area contributed by atoms with Crippen LogP contribution in [0, 0.1) is 0 Å². The highest BCUT2D eigenvalue weighted by Gasteiger charge is 2.45. The van der Waals surface area contributed by atoms with E-state index in [9.17, 15) is 9.59 Å². The topological polar surface area (TPSA) is 69.6 Å². The lowest BCUT2D eigenvalue weighted by Crippen LogP contribution is -2.53. The summed E-state index contributed by atoms with van der Waals surface area (Å²) in [5.74, 6) is -0.946. The molecule has 2 N–H and O–H groups in total. The third-order valence-electron chi connectivity index (χ3n) is 5.69. The molecule has 2 aromatic carbocycles. The van der Waals surface area contributed by atoms with Crippen LogP contribution in [0.15, 0.2) is 48.5 Å². The first-order valence-electron chi connectivity index (χ1n) is 9.01. The molecule has 1 heterocycles. The van der Waals surface area contributed by atoms with E-state index in [0.29, 0.717) is 13.1 Å². The van der Waals surface area contributed by atoms with Gasteiger partial charge in [0.25, 0.3) is 0 Å². The molecule has 5 heteroatoms. The van der Waals surface area contributed by atoms with Gasteiger partial charge in [0, 0.05) is 25.0 Å². The minimum absolute atomic E-state index is 0.0620. The zero-order valence-electron chi connectivity index (χ0n) is 14.6. The van der Waals surface area contributed by atoms with Gasteiger partial charge >= 0.3 is 12.0 Å². The summed E-state index contributed by atoms with van der Waals surface area (Å²) in [4.78, 5) is 25.5. The predicted octanol–water partition coefficient (Wildman–Crippen LogP) is 3.53. The molecule has 134 valence electrons. The number of aromatic carboxylic acids is 1. The van der Waals surface area contributed by atoms with Crippen LogP contribution in [0.1, 0.15) is 46.3 Å². The number of carbonyl (C=O) groups is 2. The monoisotopic (exact) mass is 350 g/mol. The molecular formula is C21H22N2O3. The number of hydrogen-bond acceptors (Lipinski definition) is 2. The fourth-order valence-electron chi connectivity index (χ4n) is 4.12. The van der Waals surface area contributed by atoms with Crippen molar-refractivity contribution in [1.82, 2.24) is 10.2 Å². The average molecular weight is 350 g/mol. The Balaban J connectivity index is 1.43. The first-order valence-corrected chi connectivity index (χ1v) is 9.01. The van der Waals surface area contributed by atoms with E-state index in [1.807, 2.05) is 11.0 Å². The van der Waals surface area contributed by atoms with Crippen LogP contribution >= 0.6 is 0 Å². The summed E-state index contributed by atoms with van der Waals surface area (Å²) in [5.41, 5.74) is 3.94. The molecule has 26 heavy (non-hydrogen) atoms. The number of carbonyl (C=O) groups excluding carboxylic acids is 1. The SMILES string of the molecule is O=C(O)c1ccc(CNC(=O)N2Cc3ccccc3C3(CCC3)C2)cc1. The number of carboxylic acids is 1. The number of carboxylic acid groups (broad SMARTS) is 1. The Morgan fingerprint density at radius 1 is 1.08 bits per heavy atom. The van der Waals surface area contributed by atoms with E-state index in [4.69, 9.17) is 5.11 Å². The van der Waals surface area contributed by atoms with Crippen molar-refractivity contribution < 1.29 is 14.7 Å². The van der Waals surface area contributed by atoms with E-state index in [0.717, 1.165) is 24.9 Å². The molecule has 1 aliphatic carbocycles. The lowest BCUT2D eigenvalue weighted by atomic mass is 9.61. The van der Waals surface area contributed by atoms with Crippen molar-refractivity contribution in [2.75, 3.05) is 6.54 Å². The summed E-state index contributed by atoms with van der Waals surface area (Å²) < 4.78 is 0. The van der Waals surface area contributed by atoms with E-state index in [2.05, 4.69) is 23.5 Å². The Bertz CT molecular complexity index is 841. The molecule has 2 aliphatic rings. The lowest BCUT2D eigenvalue weighted by Gasteiger charge is -2.49. The average Bonchev–Trinajstić information content (AvgIpc) is 2.64. The van der Waals surface area contributed by atoms with Gasteiger partial charge in [0.2, 0.25) is 0 Å². The minimum atomic E-state index is -0.946. The van der Waals surface area contributed by atoms with Crippen molar-refractivity contribution in [2.45, 2.75) is 37.8 Å². The van der Waals surface area contributed by atoms with E-state index in [1.165, 1.54) is 17.5 Å². The van der Waals surface area contributed by atoms with Gasteiger partial charge in [-0.2, -0.15) is 0 Å². The van der Waals surface area contributed by atoms with Crippen LogP contribution in [-0.4, -0.2) is 28.6 Å². The van der Waals surface area contributed by atoms with E-state index in [-0.39, 0.29) is 17.0 Å². The van der Waals surface area contributed by atoms with Crippen molar-refractivity contribution in [3.05, 3.63) is 70.8 Å². The molecule has 0 saturated heterocycles. The molecule has 5 nitrogen and oxygen atoms in total. The molecule has 0 aromatic heterocycles. The van der Waals surface area contributed by atoms with Gasteiger partial charge in [-0.15, -0.1) is 0 Å². The number of nitrogens with one attached hydrogen (secondary N) is 1. The van der Waals surface area contributed by atoms with Gasteiger partial charge in [0.1, 0.15) is 0 Å². The number of amides is 2. The number of hydrogen-bond donors (Lipinski definition) is 2. The number of urea groups is 1. The van der Waals surface area contributed by atoms with Crippen molar-refractivity contribution in [3.8, 4) is 0 Å². The van der Waals surface area contributed by atoms with Gasteiger partial charge in [-0.05, 0) is 41.7 Å². The van der Waals surface area contributed by atoms with Crippen LogP contribution in [-0.2, 0) is 18.5 Å². The normalized spacial score (nSPS) is 17.3. The zero-order chi connectivity index (χ0) is 18.1. The molecule has 0 unspecified atom stereocenters. The molecule has 1 fully saturated rings. The third kappa shape index (κ3) is 2.94. The maximum absolute atomic E-state index is 12.7. The Morgan fingerprint density at radius 3 is 2.46 bits per heavy atom. The molecule has 4 rings (SSSR count). The second-order valence-electron chi connectivity index (χ2n) is 7.31. The van der Waals surface area contributed by atoms with Crippen LogP contribution in [0.3, 0.4) is 0 Å². The van der Waals surface area contributed by atoms with Crippen LogP contribution in [0.5, 0.6) is 0 Å². The molecule has 2 aromatic rings. The fourth-order valence-corrected chi connectivity index (χ4v) is 4.12. The quantitative estimate of drug-likeness (QED) is 0.890. The summed E-state index contributed by atoms with van der Waals surface area (Å²) in [6.45, 7) is 1.80. The number of benzene rings is 2. The zero-order valence-corrected chi connectivity index (χ0v) is 14.6. The number of rotatable bonds is 3. The fraction of sp³-hybridized carbons (Fsp3) is 0.333. The smallest absolute Gasteiger partial charge is 0.335 e. The second-order valence-corrected chi connectivity index (χ2v) is 7.31. The van der Waals surface area contributed by atoms with Crippen molar-refractivity contribution in [3.63, 3.8) is 0 Å². The first-order chi connectivity index (χ1) is 12.6. The van der Waals surface area contributed by atoms with Crippen molar-refractivity contribution >= 4 is 12.0 Å². The van der Waals surface area contributed by atoms with Crippen LogP contribution < -0.4 is 5.32 Å². The predicted molar refractivity (Wildman–Crippen MR) is 98.0 cm³/mol. The number of fused-ring (bicyclic) bond motifs is 2. The molecule has 2 amide bonds. The molecule has 1 aliphatic heterocycles. The molecule has 0 radical (unpaired) electrons. The largest absolute Gasteiger partial charge is 0.478 e. The van der Waals surface area contributed by atoms with Crippen LogP contribution in [0.2, 0.25) is 0 Å². The Hall–Kier alpha value is -2.82. The molecular weight excluding hydrogens is 328 g/mol. The Kier molecular flexibility index (Phi) is 4.15. The van der Waals surface area contributed by atoms with Gasteiger partial charge in [-0.3, -0.25) is 0 Å². The molecule has 0 atom stereocenters. The lowest BCUT2D eigenvalue weighted by molar-refractivity contribution is 0.0697. The van der Waals surface area contributed by atoms with Crippen LogP contribution in [0.4, 0.5) is 4.79 Å². The third-order valence-corrected chi connectivity index (χ3v) is 5.69. The summed E-state index contributed by atoms with van der Waals surface area (Å²) in [6, 6.07) is 15.0. The van der Waals surface area contributed by atoms with Gasteiger partial charge in [0.05, 0.1) is 5.56 Å². The van der Waals surface area contributed by atoms with Crippen LogP contribution in [0.25, 0.3) is 0 Å². The summed E-state index contributed by atoms with van der Waals surface area (Å²) >= 11 is 0. The van der Waals surface area contributed by atoms with Gasteiger partial charge in [-0.25, -0.2) is 9.59 Å². The maximum atomic E-state index is 12.7. The van der Waals surface area contributed by atoms with Gasteiger partial charge < -0.3 is 15.3 Å². The van der Waals surface area contributed by atoms with E-state index in [1.54, 1.807) is 24.3 Å². The maximum Gasteiger partial charge on any atom is 0.335 e. The van der Waals surface area contributed by atoms with Crippen molar-refractivity contribution in [2.24, 2.45) is 0 Å². The Labute approximate surface area is 152 Å². The van der Waals surface area contributed by atoms with Gasteiger partial charge in [-0.1, -0.05) is 42.8 Å². The Morgan fingerprint density at radius 2 is 1.81 bits per heavy atom. The highest BCUT2D eigenvalue weighted by molar-refractivity contribution is 5.87. The summed E-state index contributed by atoms with van der Waals surface area (Å²) in [5, 5.41) is 11.9. The highest BCUT2D eigenvalue weighted by Crippen LogP contribution is 2.48. The summed E-state index contributed by atoms with van der Waals surface area (Å²) in [6.07, 6.45) is 3.51. The standard InChI is InChI=1S/C21H22N2O3/c24-19(25)16-8-6-15(7-9-16)12-22-20(26)23-13-17-4-1-2-5-18(17)21(14-23)10-3-11-21/h1-2,4-9H,3,10-14H2,(H,22,26)(H,24,25). The molecule has 1 saturated carbocycles. The second kappa shape index (κ2) is 6.48.